The van der Waals surface area contributed by atoms with Gasteiger partial charge in [0, 0.05) is 12.4 Å². The number of ether oxygens (including phenoxy) is 1. The number of rotatable bonds is 6. The van der Waals surface area contributed by atoms with Gasteiger partial charge in [-0.1, -0.05) is 0 Å². The third-order valence-electron chi connectivity index (χ3n) is 1.80. The molecule has 1 saturated heterocycles. The van der Waals surface area contributed by atoms with Gasteiger partial charge >= 0.3 is 0 Å². The second-order valence-corrected chi connectivity index (χ2v) is 3.95. The van der Waals surface area contributed by atoms with E-state index in [9.17, 15) is 0 Å². The Morgan fingerprint density at radius 3 is 2.91 bits per heavy atom. The lowest BCUT2D eigenvalue weighted by atomic mass is 10.1. The molecule has 0 aromatic rings. The lowest BCUT2D eigenvalue weighted by Gasteiger charge is -2.26. The quantitative estimate of drug-likeness (QED) is 0.608. The molecular formula is C8H17NOS. The van der Waals surface area contributed by atoms with Crippen LogP contribution in [0.5, 0.6) is 0 Å². The Hall–Kier alpha value is 0.270. The normalized spacial score (nSPS) is 18.3. The molecule has 1 aliphatic heterocycles. The standard InChI is InChI=1S/C8H17NOS/c1-2-10-3-4-11-7-8-5-9-6-8/h8-9H,2-7H2,1H3. The Labute approximate surface area is 73.1 Å². The maximum atomic E-state index is 5.23. The van der Waals surface area contributed by atoms with Gasteiger partial charge in [-0.15, -0.1) is 0 Å². The molecule has 0 saturated carbocycles. The van der Waals surface area contributed by atoms with Crippen molar-refractivity contribution in [2.24, 2.45) is 5.92 Å². The first kappa shape index (κ1) is 9.36. The van der Waals surface area contributed by atoms with E-state index in [2.05, 4.69) is 5.32 Å². The highest BCUT2D eigenvalue weighted by atomic mass is 32.2. The molecule has 1 fully saturated rings. The molecule has 1 aliphatic rings. The molecule has 2 nitrogen and oxygen atoms in total. The fraction of sp³-hybridized carbons (Fsp3) is 1.00. The Morgan fingerprint density at radius 1 is 1.55 bits per heavy atom. The van der Waals surface area contributed by atoms with Crippen LogP contribution in [-0.4, -0.2) is 37.8 Å². The third kappa shape index (κ3) is 3.99. The SMILES string of the molecule is CCOCCSCC1CNC1. The van der Waals surface area contributed by atoms with Crippen molar-refractivity contribution < 1.29 is 4.74 Å². The molecule has 1 rings (SSSR count). The van der Waals surface area contributed by atoms with E-state index < -0.39 is 0 Å². The van der Waals surface area contributed by atoms with Crippen LogP contribution in [-0.2, 0) is 4.74 Å². The maximum Gasteiger partial charge on any atom is 0.0556 e. The van der Waals surface area contributed by atoms with Crippen molar-refractivity contribution in [1.82, 2.24) is 5.32 Å². The van der Waals surface area contributed by atoms with Crippen LogP contribution in [0.3, 0.4) is 0 Å². The van der Waals surface area contributed by atoms with E-state index in [0.717, 1.165) is 24.9 Å². The van der Waals surface area contributed by atoms with E-state index in [0.29, 0.717) is 0 Å². The summed E-state index contributed by atoms with van der Waals surface area (Å²) in [4.78, 5) is 0. The minimum atomic E-state index is 0.853. The summed E-state index contributed by atoms with van der Waals surface area (Å²) in [6.07, 6.45) is 0. The van der Waals surface area contributed by atoms with Crippen molar-refractivity contribution in [2.75, 3.05) is 37.8 Å². The lowest BCUT2D eigenvalue weighted by molar-refractivity contribution is 0.164. The van der Waals surface area contributed by atoms with Gasteiger partial charge in [0.2, 0.25) is 0 Å². The van der Waals surface area contributed by atoms with Gasteiger partial charge in [-0.25, -0.2) is 0 Å². The average Bonchev–Trinajstić information content (AvgIpc) is 1.93. The largest absolute Gasteiger partial charge is 0.381 e. The minimum absolute atomic E-state index is 0.853. The first-order valence-electron chi connectivity index (χ1n) is 4.29. The number of nitrogens with one attached hydrogen (secondary N) is 1. The smallest absolute Gasteiger partial charge is 0.0556 e. The highest BCUT2D eigenvalue weighted by Crippen LogP contribution is 2.11. The molecule has 0 bridgehead atoms. The van der Waals surface area contributed by atoms with Crippen molar-refractivity contribution in [1.29, 1.82) is 0 Å². The van der Waals surface area contributed by atoms with Crippen molar-refractivity contribution in [3.8, 4) is 0 Å². The first-order valence-corrected chi connectivity index (χ1v) is 5.45. The number of thioether (sulfide) groups is 1. The van der Waals surface area contributed by atoms with E-state index >= 15 is 0 Å². The summed E-state index contributed by atoms with van der Waals surface area (Å²) in [5.41, 5.74) is 0. The Bertz CT molecular complexity index is 96.1. The molecular weight excluding hydrogens is 158 g/mol. The van der Waals surface area contributed by atoms with Crippen molar-refractivity contribution in [3.05, 3.63) is 0 Å². The van der Waals surface area contributed by atoms with Gasteiger partial charge in [0.1, 0.15) is 0 Å². The number of hydrogen-bond donors (Lipinski definition) is 1. The second kappa shape index (κ2) is 5.86. The van der Waals surface area contributed by atoms with Crippen molar-refractivity contribution >= 4 is 11.8 Å². The molecule has 0 radical (unpaired) electrons. The monoisotopic (exact) mass is 175 g/mol. The molecule has 0 atom stereocenters. The number of hydrogen-bond acceptors (Lipinski definition) is 3. The third-order valence-corrected chi connectivity index (χ3v) is 2.96. The zero-order valence-electron chi connectivity index (χ0n) is 7.14. The van der Waals surface area contributed by atoms with Crippen LogP contribution >= 0.6 is 11.8 Å². The Morgan fingerprint density at radius 2 is 2.36 bits per heavy atom. The van der Waals surface area contributed by atoms with Gasteiger partial charge < -0.3 is 10.1 Å². The Balaban J connectivity index is 1.73. The molecule has 0 aromatic heterocycles. The predicted molar refractivity (Wildman–Crippen MR) is 50.2 cm³/mol. The van der Waals surface area contributed by atoms with Gasteiger partial charge in [0.15, 0.2) is 0 Å². The molecule has 0 spiro atoms. The summed E-state index contributed by atoms with van der Waals surface area (Å²) in [5, 5.41) is 3.27. The molecule has 1 heterocycles. The summed E-state index contributed by atoms with van der Waals surface area (Å²) in [6, 6.07) is 0. The van der Waals surface area contributed by atoms with Crippen LogP contribution in [0, 0.1) is 5.92 Å². The zero-order valence-corrected chi connectivity index (χ0v) is 7.95. The van der Waals surface area contributed by atoms with Crippen LogP contribution in [0.1, 0.15) is 6.92 Å². The van der Waals surface area contributed by atoms with E-state index in [1.807, 2.05) is 18.7 Å². The van der Waals surface area contributed by atoms with E-state index in [1.165, 1.54) is 18.8 Å². The summed E-state index contributed by atoms with van der Waals surface area (Å²) in [6.45, 7) is 6.26. The molecule has 0 aliphatic carbocycles. The van der Waals surface area contributed by atoms with Crippen molar-refractivity contribution in [3.63, 3.8) is 0 Å². The molecule has 0 aromatic carbocycles. The van der Waals surface area contributed by atoms with Crippen LogP contribution in [0.15, 0.2) is 0 Å². The summed E-state index contributed by atoms with van der Waals surface area (Å²) in [7, 11) is 0. The summed E-state index contributed by atoms with van der Waals surface area (Å²) in [5.74, 6) is 3.39. The van der Waals surface area contributed by atoms with E-state index in [-0.39, 0.29) is 0 Å². The predicted octanol–water partition coefficient (Wildman–Crippen LogP) is 0.976. The fourth-order valence-electron chi connectivity index (χ4n) is 0.979. The highest BCUT2D eigenvalue weighted by Gasteiger charge is 2.15. The maximum absolute atomic E-state index is 5.23. The van der Waals surface area contributed by atoms with Crippen LogP contribution in [0.4, 0.5) is 0 Å². The molecule has 66 valence electrons. The van der Waals surface area contributed by atoms with Gasteiger partial charge in [0.05, 0.1) is 6.61 Å². The van der Waals surface area contributed by atoms with Gasteiger partial charge in [0.25, 0.3) is 0 Å². The van der Waals surface area contributed by atoms with Crippen molar-refractivity contribution in [2.45, 2.75) is 6.92 Å². The van der Waals surface area contributed by atoms with Crippen LogP contribution < -0.4 is 5.32 Å². The molecule has 3 heteroatoms. The summed E-state index contributed by atoms with van der Waals surface area (Å²) >= 11 is 2.01. The topological polar surface area (TPSA) is 21.3 Å². The van der Waals surface area contributed by atoms with Crippen LogP contribution in [0.2, 0.25) is 0 Å². The van der Waals surface area contributed by atoms with Gasteiger partial charge in [-0.3, -0.25) is 0 Å². The van der Waals surface area contributed by atoms with Crippen LogP contribution in [0.25, 0.3) is 0 Å². The molecule has 11 heavy (non-hydrogen) atoms. The highest BCUT2D eigenvalue weighted by molar-refractivity contribution is 7.99. The lowest BCUT2D eigenvalue weighted by Crippen LogP contribution is -2.43. The minimum Gasteiger partial charge on any atom is -0.381 e. The summed E-state index contributed by atoms with van der Waals surface area (Å²) < 4.78 is 5.23. The first-order chi connectivity index (χ1) is 5.43. The van der Waals surface area contributed by atoms with Gasteiger partial charge in [-0.2, -0.15) is 11.8 Å². The average molecular weight is 175 g/mol. The molecule has 0 amide bonds. The molecule has 0 unspecified atom stereocenters. The molecule has 1 N–H and O–H groups in total. The zero-order chi connectivity index (χ0) is 7.94. The van der Waals surface area contributed by atoms with Gasteiger partial charge in [-0.05, 0) is 31.7 Å². The second-order valence-electron chi connectivity index (χ2n) is 2.80. The fourth-order valence-corrected chi connectivity index (χ4v) is 1.95. The Kier molecular flexibility index (Phi) is 4.99. The van der Waals surface area contributed by atoms with E-state index in [4.69, 9.17) is 4.74 Å². The van der Waals surface area contributed by atoms with E-state index in [1.54, 1.807) is 0 Å².